The molecule has 8 rings (SSSR count). The highest BCUT2D eigenvalue weighted by Gasteiger charge is 2.66. The Hall–Kier alpha value is -5.16. The molecule has 7 atom stereocenters. The number of aldehydes is 1. The fourth-order valence-corrected chi connectivity index (χ4v) is 12.6. The number of para-hydroxylation sites is 1. The molecule has 67 heavy (non-hydrogen) atoms. The molecule has 1 saturated carbocycles. The molecule has 0 amide bonds. The van der Waals surface area contributed by atoms with Crippen molar-refractivity contribution >= 4 is 32.9 Å². The molecular weight excluding hydrogens is 875 g/mol. The first kappa shape index (κ1) is 48.3. The average Bonchev–Trinajstić information content (AvgIpc) is 3.35. The van der Waals surface area contributed by atoms with Crippen LogP contribution in [0.1, 0.15) is 99.4 Å². The molecular formula is C52H63N3O11S. The van der Waals surface area contributed by atoms with Gasteiger partial charge in [-0.05, 0) is 111 Å². The number of hydrogen-bond donors (Lipinski definition) is 2. The van der Waals surface area contributed by atoms with Crippen molar-refractivity contribution < 1.29 is 51.9 Å². The Morgan fingerprint density at radius 1 is 1.00 bits per heavy atom. The monoisotopic (exact) mass is 937 g/mol. The van der Waals surface area contributed by atoms with Crippen LogP contribution in [0.3, 0.4) is 0 Å². The summed E-state index contributed by atoms with van der Waals surface area (Å²) in [6, 6.07) is 18.5. The van der Waals surface area contributed by atoms with Crippen molar-refractivity contribution in [3.63, 3.8) is 0 Å². The maximum Gasteiger partial charge on any atom is 0.245 e. The van der Waals surface area contributed by atoms with Gasteiger partial charge in [0.2, 0.25) is 22.1 Å². The standard InChI is InChI=1S/C52H63N3O11S/c1-4-25-55(67(59,60)46-18-12-15-35-16-13-24-53-51(35)46)47-33-43(54-66-48-19-8-11-29-62-48)41-31-36(14-6-9-26-56)40(17-7-10-27-57)49-42-32-39(64-38-20-22-44(61-3)37(30-38)34-58)21-23-45(42)65-52(47,50(41)49)63-28-5-2/h5,12-13,15-16,18,20-24,30-32,34,36,40,47-50,56-57H,2,4,6-11,14,17,19,25-29,33H2,1,3H3. The summed E-state index contributed by atoms with van der Waals surface area (Å²) in [5.74, 6) is -0.823. The van der Waals surface area contributed by atoms with Gasteiger partial charge in [0.25, 0.3) is 0 Å². The quantitative estimate of drug-likeness (QED) is 0.0332. The van der Waals surface area contributed by atoms with Gasteiger partial charge in [-0.25, -0.2) is 8.42 Å². The number of aliphatic hydroxyl groups is 2. The maximum atomic E-state index is 15.6. The number of allylic oxidation sites excluding steroid dienone is 1. The van der Waals surface area contributed by atoms with Crippen LogP contribution in [0.5, 0.6) is 23.0 Å². The first-order valence-corrected chi connectivity index (χ1v) is 25.2. The van der Waals surface area contributed by atoms with Crippen molar-refractivity contribution in [2.24, 2.45) is 22.9 Å². The maximum absolute atomic E-state index is 15.6. The molecule has 0 bridgehead atoms. The largest absolute Gasteiger partial charge is 0.496 e. The van der Waals surface area contributed by atoms with Crippen LogP contribution in [-0.4, -0.2) is 98.1 Å². The lowest BCUT2D eigenvalue weighted by atomic mass is 9.55. The molecule has 2 aliphatic carbocycles. The van der Waals surface area contributed by atoms with E-state index < -0.39 is 34.1 Å². The number of aromatic nitrogens is 1. The molecule has 1 aromatic heterocycles. The summed E-state index contributed by atoms with van der Waals surface area (Å²) in [6.07, 6.45) is 13.0. The third-order valence-corrected chi connectivity index (χ3v) is 15.5. The molecule has 7 unspecified atom stereocenters. The van der Waals surface area contributed by atoms with Crippen molar-refractivity contribution in [2.45, 2.75) is 106 Å². The summed E-state index contributed by atoms with van der Waals surface area (Å²) < 4.78 is 65.2. The second-order valence-electron chi connectivity index (χ2n) is 17.7. The van der Waals surface area contributed by atoms with Gasteiger partial charge in [0.05, 0.1) is 49.1 Å². The minimum absolute atomic E-state index is 0.0178. The number of unbranched alkanes of at least 4 members (excludes halogenated alkanes) is 2. The van der Waals surface area contributed by atoms with Crippen molar-refractivity contribution in [2.75, 3.05) is 40.1 Å². The van der Waals surface area contributed by atoms with Gasteiger partial charge in [0.15, 0.2) is 6.29 Å². The molecule has 14 nitrogen and oxygen atoms in total. The normalized spacial score (nSPS) is 25.1. The molecule has 0 radical (unpaired) electrons. The topological polar surface area (TPSA) is 176 Å². The van der Waals surface area contributed by atoms with Gasteiger partial charge < -0.3 is 38.7 Å². The predicted molar refractivity (Wildman–Crippen MR) is 254 cm³/mol. The van der Waals surface area contributed by atoms with Crippen LogP contribution in [0, 0.1) is 17.8 Å². The van der Waals surface area contributed by atoms with Gasteiger partial charge in [0, 0.05) is 55.7 Å². The molecule has 2 N–H and O–H groups in total. The first-order chi connectivity index (χ1) is 32.7. The molecule has 1 saturated heterocycles. The number of carbonyl (C=O) groups excluding carboxylic acids is 1. The van der Waals surface area contributed by atoms with E-state index in [4.69, 9.17) is 33.7 Å². The van der Waals surface area contributed by atoms with Gasteiger partial charge in [0.1, 0.15) is 27.9 Å². The first-order valence-electron chi connectivity index (χ1n) is 23.7. The Kier molecular flexibility index (Phi) is 15.8. The smallest absolute Gasteiger partial charge is 0.245 e. The summed E-state index contributed by atoms with van der Waals surface area (Å²) >= 11 is 0. The minimum Gasteiger partial charge on any atom is -0.496 e. The van der Waals surface area contributed by atoms with Crippen LogP contribution < -0.4 is 14.2 Å². The summed E-state index contributed by atoms with van der Waals surface area (Å²) in [6.45, 7) is 6.82. The summed E-state index contributed by atoms with van der Waals surface area (Å²) in [7, 11) is -2.83. The molecule has 2 aliphatic heterocycles. The highest BCUT2D eigenvalue weighted by atomic mass is 32.2. The summed E-state index contributed by atoms with van der Waals surface area (Å²) in [5.41, 5.74) is 2.97. The van der Waals surface area contributed by atoms with E-state index in [2.05, 4.69) is 17.6 Å². The van der Waals surface area contributed by atoms with Gasteiger partial charge in [-0.15, -0.1) is 6.58 Å². The number of rotatable bonds is 22. The number of oxime groups is 1. The van der Waals surface area contributed by atoms with Crippen LogP contribution in [0.4, 0.5) is 0 Å². The van der Waals surface area contributed by atoms with Gasteiger partial charge >= 0.3 is 0 Å². The van der Waals surface area contributed by atoms with E-state index in [0.29, 0.717) is 77.5 Å². The highest BCUT2D eigenvalue weighted by molar-refractivity contribution is 7.89. The molecule has 3 heterocycles. The Morgan fingerprint density at radius 3 is 2.54 bits per heavy atom. The number of methoxy groups -OCH3 is 1. The lowest BCUT2D eigenvalue weighted by Gasteiger charge is -2.59. The van der Waals surface area contributed by atoms with Crippen molar-refractivity contribution in [3.05, 3.63) is 108 Å². The van der Waals surface area contributed by atoms with E-state index in [1.807, 2.05) is 31.2 Å². The van der Waals surface area contributed by atoms with Crippen LogP contribution in [-0.2, 0) is 24.3 Å². The Balaban J connectivity index is 1.36. The van der Waals surface area contributed by atoms with E-state index in [1.54, 1.807) is 54.7 Å². The van der Waals surface area contributed by atoms with E-state index in [1.165, 1.54) is 11.4 Å². The number of ether oxygens (including phenoxy) is 5. The number of sulfonamides is 1. The van der Waals surface area contributed by atoms with Crippen LogP contribution in [0.15, 0.2) is 107 Å². The minimum atomic E-state index is -4.33. The van der Waals surface area contributed by atoms with Gasteiger partial charge in [-0.3, -0.25) is 9.78 Å². The zero-order chi connectivity index (χ0) is 47.0. The van der Waals surface area contributed by atoms with E-state index in [0.717, 1.165) is 55.9 Å². The molecule has 0 spiro atoms. The highest BCUT2D eigenvalue weighted by Crippen LogP contribution is 2.62. The molecule has 2 fully saturated rings. The molecule has 15 heteroatoms. The lowest BCUT2D eigenvalue weighted by molar-refractivity contribution is -0.251. The van der Waals surface area contributed by atoms with E-state index in [-0.39, 0.29) is 55.4 Å². The Labute approximate surface area is 393 Å². The number of benzene rings is 3. The van der Waals surface area contributed by atoms with Crippen molar-refractivity contribution in [1.82, 2.24) is 9.29 Å². The summed E-state index contributed by atoms with van der Waals surface area (Å²) in [4.78, 5) is 23.0. The lowest BCUT2D eigenvalue weighted by Crippen LogP contribution is -2.70. The van der Waals surface area contributed by atoms with Crippen molar-refractivity contribution in [1.29, 1.82) is 0 Å². The number of pyridine rings is 1. The average molecular weight is 938 g/mol. The molecule has 4 aliphatic rings. The van der Waals surface area contributed by atoms with E-state index in [9.17, 15) is 15.0 Å². The number of aliphatic hydroxyl groups excluding tert-OH is 2. The number of nitrogens with zero attached hydrogens (tertiary/aromatic N) is 3. The fraction of sp³-hybridized carbons (Fsp3) is 0.481. The zero-order valence-corrected chi connectivity index (χ0v) is 39.3. The fourth-order valence-electron chi connectivity index (χ4n) is 10.7. The molecule has 3 aromatic carbocycles. The SMILES string of the molecule is C=CCOC12Oc3ccc(Oc4ccc(OC)c(C=O)c4)cc3C3C(CCCCO)C(CCCCO)C=C(C(=NOC4CCCCO4)CC1N(CCC)S(=O)(=O)c1cccc4cccnc14)C32. The van der Waals surface area contributed by atoms with Crippen LogP contribution in [0.25, 0.3) is 10.9 Å². The van der Waals surface area contributed by atoms with Gasteiger partial charge in [-0.1, -0.05) is 55.3 Å². The second-order valence-corrected chi connectivity index (χ2v) is 19.6. The van der Waals surface area contributed by atoms with Gasteiger partial charge in [-0.2, -0.15) is 4.31 Å². The van der Waals surface area contributed by atoms with E-state index >= 15 is 8.42 Å². The Morgan fingerprint density at radius 2 is 1.79 bits per heavy atom. The zero-order valence-electron chi connectivity index (χ0n) is 38.5. The van der Waals surface area contributed by atoms with Crippen molar-refractivity contribution in [3.8, 4) is 23.0 Å². The number of carbonyl (C=O) groups is 1. The second kappa shape index (κ2) is 21.9. The third-order valence-electron chi connectivity index (χ3n) is 13.6. The Bertz CT molecular complexity index is 2540. The summed E-state index contributed by atoms with van der Waals surface area (Å²) in [5, 5.41) is 25.7. The molecule has 358 valence electrons. The predicted octanol–water partition coefficient (Wildman–Crippen LogP) is 9.11. The molecule has 4 aromatic rings. The third kappa shape index (κ3) is 9.90. The van der Waals surface area contributed by atoms with Crippen LogP contribution >= 0.6 is 0 Å². The number of fused-ring (bicyclic) bond motifs is 3. The van der Waals surface area contributed by atoms with Crippen LogP contribution in [0.2, 0.25) is 0 Å². The number of hydrogen-bond acceptors (Lipinski definition) is 13.